The van der Waals surface area contributed by atoms with E-state index in [2.05, 4.69) is 15.9 Å². The number of ketones is 1. The van der Waals surface area contributed by atoms with E-state index in [-0.39, 0.29) is 20.6 Å². The molecule has 0 bridgehead atoms. The number of benzene rings is 2. The van der Waals surface area contributed by atoms with Crippen molar-refractivity contribution in [2.24, 2.45) is 0 Å². The number of halogens is 4. The van der Waals surface area contributed by atoms with E-state index in [0.29, 0.717) is 0 Å². The topological polar surface area (TPSA) is 17.1 Å². The lowest BCUT2D eigenvalue weighted by Gasteiger charge is -2.06. The summed E-state index contributed by atoms with van der Waals surface area (Å²) in [7, 11) is 0. The van der Waals surface area contributed by atoms with Crippen molar-refractivity contribution in [1.82, 2.24) is 0 Å². The zero-order valence-corrected chi connectivity index (χ0v) is 11.2. The Balaban J connectivity index is 2.55. The quantitative estimate of drug-likeness (QED) is 0.734. The number of carbonyl (C=O) groups excluding carboxylic acids is 1. The Hall–Kier alpha value is -1.26. The smallest absolute Gasteiger partial charge is 0.197 e. The Morgan fingerprint density at radius 3 is 2.56 bits per heavy atom. The molecule has 0 amide bonds. The van der Waals surface area contributed by atoms with Gasteiger partial charge in [0.05, 0.1) is 15.1 Å². The first-order valence-electron chi connectivity index (χ1n) is 4.94. The maximum atomic E-state index is 13.8. The van der Waals surface area contributed by atoms with E-state index in [1.54, 1.807) is 0 Å². The maximum Gasteiger partial charge on any atom is 0.197 e. The van der Waals surface area contributed by atoms with Crippen molar-refractivity contribution in [3.05, 3.63) is 68.7 Å². The molecule has 92 valence electrons. The second kappa shape index (κ2) is 5.16. The van der Waals surface area contributed by atoms with Gasteiger partial charge >= 0.3 is 0 Å². The zero-order chi connectivity index (χ0) is 13.3. The summed E-state index contributed by atoms with van der Waals surface area (Å²) in [6.45, 7) is 0. The lowest BCUT2D eigenvalue weighted by molar-refractivity contribution is 0.103. The molecule has 0 radical (unpaired) electrons. The molecule has 0 spiro atoms. The first-order valence-corrected chi connectivity index (χ1v) is 6.11. The molecule has 2 rings (SSSR count). The molecule has 5 heteroatoms. The molecule has 18 heavy (non-hydrogen) atoms. The van der Waals surface area contributed by atoms with Crippen molar-refractivity contribution >= 4 is 33.3 Å². The lowest BCUT2D eigenvalue weighted by Crippen LogP contribution is -2.06. The Labute approximate surface area is 116 Å². The van der Waals surface area contributed by atoms with Gasteiger partial charge < -0.3 is 0 Å². The van der Waals surface area contributed by atoms with Crippen LogP contribution in [0.1, 0.15) is 15.9 Å². The van der Waals surface area contributed by atoms with Crippen molar-refractivity contribution in [3.8, 4) is 0 Å². The summed E-state index contributed by atoms with van der Waals surface area (Å²) in [6.07, 6.45) is 0. The van der Waals surface area contributed by atoms with Crippen molar-refractivity contribution in [3.63, 3.8) is 0 Å². The summed E-state index contributed by atoms with van der Waals surface area (Å²) >= 11 is 8.80. The molecule has 2 aromatic rings. The molecule has 0 aliphatic heterocycles. The highest BCUT2D eigenvalue weighted by molar-refractivity contribution is 9.10. The molecular weight excluding hydrogens is 325 g/mol. The average Bonchev–Trinajstić information content (AvgIpc) is 2.35. The van der Waals surface area contributed by atoms with E-state index in [4.69, 9.17) is 11.6 Å². The molecule has 0 fully saturated rings. The van der Waals surface area contributed by atoms with E-state index in [9.17, 15) is 13.6 Å². The molecular formula is C13H6BrClF2O. The van der Waals surface area contributed by atoms with E-state index in [1.165, 1.54) is 24.3 Å². The molecule has 0 unspecified atom stereocenters. The number of hydrogen-bond donors (Lipinski definition) is 0. The van der Waals surface area contributed by atoms with Gasteiger partial charge in [0, 0.05) is 5.56 Å². The van der Waals surface area contributed by atoms with E-state index < -0.39 is 17.4 Å². The predicted octanol–water partition coefficient (Wildman–Crippen LogP) is 4.61. The molecule has 0 heterocycles. The molecule has 0 N–H and O–H groups in total. The van der Waals surface area contributed by atoms with Crippen LogP contribution in [0.25, 0.3) is 0 Å². The summed E-state index contributed by atoms with van der Waals surface area (Å²) < 4.78 is 27.0. The Morgan fingerprint density at radius 1 is 1.11 bits per heavy atom. The van der Waals surface area contributed by atoms with Crippen LogP contribution in [0.4, 0.5) is 8.78 Å². The molecule has 0 aliphatic rings. The zero-order valence-electron chi connectivity index (χ0n) is 8.88. The second-order valence-corrected chi connectivity index (χ2v) is 4.82. The van der Waals surface area contributed by atoms with E-state index in [0.717, 1.165) is 12.1 Å². The Bertz CT molecular complexity index is 624. The standard InChI is InChI=1S/C13H6BrClF2O/c14-10-3-1-2-8(12(10)17)13(18)9-6-7(16)4-5-11(9)15/h1-6H. The highest BCUT2D eigenvalue weighted by atomic mass is 79.9. The van der Waals surface area contributed by atoms with Gasteiger partial charge in [-0.15, -0.1) is 0 Å². The van der Waals surface area contributed by atoms with E-state index >= 15 is 0 Å². The van der Waals surface area contributed by atoms with Gasteiger partial charge in [0.15, 0.2) is 5.78 Å². The molecule has 0 saturated heterocycles. The minimum absolute atomic E-state index is 0.0614. The summed E-state index contributed by atoms with van der Waals surface area (Å²) in [6, 6.07) is 7.71. The van der Waals surface area contributed by atoms with Gasteiger partial charge in [-0.25, -0.2) is 8.78 Å². The van der Waals surface area contributed by atoms with Gasteiger partial charge in [-0.2, -0.15) is 0 Å². The fourth-order valence-corrected chi connectivity index (χ4v) is 2.07. The third kappa shape index (κ3) is 2.44. The minimum Gasteiger partial charge on any atom is -0.288 e. The summed E-state index contributed by atoms with van der Waals surface area (Å²) in [5.74, 6) is -1.95. The van der Waals surface area contributed by atoms with Gasteiger partial charge in [-0.3, -0.25) is 4.79 Å². The first-order chi connectivity index (χ1) is 8.50. The molecule has 0 aromatic heterocycles. The van der Waals surface area contributed by atoms with Crippen LogP contribution in [0.3, 0.4) is 0 Å². The van der Waals surface area contributed by atoms with Crippen molar-refractivity contribution in [2.45, 2.75) is 0 Å². The Kier molecular flexibility index (Phi) is 3.78. The van der Waals surface area contributed by atoms with Gasteiger partial charge in [0.25, 0.3) is 0 Å². The third-order valence-electron chi connectivity index (χ3n) is 2.37. The SMILES string of the molecule is O=C(c1cc(F)ccc1Cl)c1cccc(Br)c1F. The fraction of sp³-hybridized carbons (Fsp3) is 0. The fourth-order valence-electron chi connectivity index (χ4n) is 1.50. The maximum absolute atomic E-state index is 13.8. The van der Waals surface area contributed by atoms with Gasteiger partial charge in [0.1, 0.15) is 11.6 Å². The van der Waals surface area contributed by atoms with E-state index in [1.807, 2.05) is 0 Å². The van der Waals surface area contributed by atoms with Crippen molar-refractivity contribution in [2.75, 3.05) is 0 Å². The first kappa shape index (κ1) is 13.2. The van der Waals surface area contributed by atoms with Crippen LogP contribution in [-0.2, 0) is 0 Å². The van der Waals surface area contributed by atoms with Crippen LogP contribution in [0, 0.1) is 11.6 Å². The summed E-state index contributed by atoms with van der Waals surface area (Å²) in [4.78, 5) is 12.1. The minimum atomic E-state index is -0.692. The van der Waals surface area contributed by atoms with Crippen LogP contribution < -0.4 is 0 Å². The predicted molar refractivity (Wildman–Crippen MR) is 68.9 cm³/mol. The molecule has 0 atom stereocenters. The third-order valence-corrected chi connectivity index (χ3v) is 3.31. The average molecular weight is 332 g/mol. The molecule has 1 nitrogen and oxygen atoms in total. The van der Waals surface area contributed by atoms with Gasteiger partial charge in [-0.1, -0.05) is 17.7 Å². The van der Waals surface area contributed by atoms with Crippen molar-refractivity contribution in [1.29, 1.82) is 0 Å². The normalized spacial score (nSPS) is 10.4. The Morgan fingerprint density at radius 2 is 1.83 bits per heavy atom. The summed E-state index contributed by atoms with van der Waals surface area (Å²) in [5.41, 5.74) is -0.217. The van der Waals surface area contributed by atoms with Gasteiger partial charge in [-0.05, 0) is 46.3 Å². The number of rotatable bonds is 2. The molecule has 0 aliphatic carbocycles. The lowest BCUT2D eigenvalue weighted by atomic mass is 10.0. The van der Waals surface area contributed by atoms with Crippen molar-refractivity contribution < 1.29 is 13.6 Å². The summed E-state index contributed by atoms with van der Waals surface area (Å²) in [5, 5.41) is 0.0841. The molecule has 2 aromatic carbocycles. The number of hydrogen-bond acceptors (Lipinski definition) is 1. The number of carbonyl (C=O) groups is 1. The van der Waals surface area contributed by atoms with Crippen LogP contribution >= 0.6 is 27.5 Å². The highest BCUT2D eigenvalue weighted by Gasteiger charge is 2.18. The largest absolute Gasteiger partial charge is 0.288 e. The van der Waals surface area contributed by atoms with Crippen LogP contribution in [0.2, 0.25) is 5.02 Å². The monoisotopic (exact) mass is 330 g/mol. The van der Waals surface area contributed by atoms with Gasteiger partial charge in [0.2, 0.25) is 0 Å². The second-order valence-electron chi connectivity index (χ2n) is 3.55. The molecule has 0 saturated carbocycles. The highest BCUT2D eigenvalue weighted by Crippen LogP contribution is 2.25. The van der Waals surface area contributed by atoms with Crippen LogP contribution in [0.5, 0.6) is 0 Å². The van der Waals surface area contributed by atoms with Crippen LogP contribution in [-0.4, -0.2) is 5.78 Å². The van der Waals surface area contributed by atoms with Crippen LogP contribution in [0.15, 0.2) is 40.9 Å².